The molecule has 9 N–H and O–H groups in total. The first-order chi connectivity index (χ1) is 16.6. The zero-order valence-electron chi connectivity index (χ0n) is 18.0. The second kappa shape index (κ2) is 13.0. The molecule has 0 aliphatic heterocycles. The molecule has 3 rings (SSSR count). The molecule has 0 saturated carbocycles. The number of carboxylic acids is 3. The van der Waals surface area contributed by atoms with Crippen molar-refractivity contribution in [3.05, 3.63) is 53.1 Å². The van der Waals surface area contributed by atoms with Gasteiger partial charge in [-0.25, -0.2) is 14.4 Å². The third kappa shape index (κ3) is 7.65. The van der Waals surface area contributed by atoms with Gasteiger partial charge in [0.2, 0.25) is 0 Å². The van der Waals surface area contributed by atoms with Crippen LogP contribution in [0.3, 0.4) is 0 Å². The van der Waals surface area contributed by atoms with Crippen LogP contribution in [-0.4, -0.2) is 81.2 Å². The number of hydrogen-bond acceptors (Lipinski definition) is 12. The molecule has 0 bridgehead atoms. The van der Waals surface area contributed by atoms with E-state index < -0.39 is 86.3 Å². The SMILES string of the molecule is O=C(O)c1c(O)ccc(O)c1[O-].O=C(O)c1c(O)ccc(O)c1[O-].O=C(O)c1c(O)ccc(O)c1[O-].[Al+3]. The van der Waals surface area contributed by atoms with Crippen LogP contribution in [0.4, 0.5) is 0 Å². The number of carbonyl (C=O) groups is 3. The predicted octanol–water partition coefficient (Wildman–Crippen LogP) is -0.772. The maximum Gasteiger partial charge on any atom is 3.00 e. The van der Waals surface area contributed by atoms with E-state index in [-0.39, 0.29) is 17.4 Å². The van der Waals surface area contributed by atoms with Crippen molar-refractivity contribution in [3.8, 4) is 51.7 Å². The van der Waals surface area contributed by atoms with Gasteiger partial charge in [-0.1, -0.05) is 0 Å². The van der Waals surface area contributed by atoms with Crippen LogP contribution in [0.25, 0.3) is 0 Å². The molecule has 3 aromatic carbocycles. The van der Waals surface area contributed by atoms with Gasteiger partial charge in [0.05, 0.1) is 16.7 Å². The summed E-state index contributed by atoms with van der Waals surface area (Å²) >= 11 is 0. The van der Waals surface area contributed by atoms with E-state index in [0.29, 0.717) is 0 Å². The fourth-order valence-electron chi connectivity index (χ4n) is 2.30. The van der Waals surface area contributed by atoms with Crippen molar-refractivity contribution in [1.29, 1.82) is 0 Å². The van der Waals surface area contributed by atoms with Gasteiger partial charge < -0.3 is 61.3 Å². The zero-order chi connectivity index (χ0) is 27.9. The summed E-state index contributed by atoms with van der Waals surface area (Å²) in [4.78, 5) is 31.0. The molecule has 0 atom stereocenters. The quantitative estimate of drug-likeness (QED) is 0.147. The Morgan fingerprint density at radius 1 is 0.432 bits per heavy atom. The number of aromatic hydroxyl groups is 6. The van der Waals surface area contributed by atoms with E-state index in [1.165, 1.54) is 0 Å². The number of carboxylic acid groups (broad SMARTS) is 3. The molecule has 37 heavy (non-hydrogen) atoms. The van der Waals surface area contributed by atoms with Crippen LogP contribution in [0.5, 0.6) is 51.7 Å². The van der Waals surface area contributed by atoms with E-state index in [9.17, 15) is 29.7 Å². The van der Waals surface area contributed by atoms with Gasteiger partial charge in [-0.2, -0.15) is 0 Å². The van der Waals surface area contributed by atoms with Crippen molar-refractivity contribution in [1.82, 2.24) is 0 Å². The minimum atomic E-state index is -1.56. The summed E-state index contributed by atoms with van der Waals surface area (Å²) in [5.74, 6) is -11.9. The topological polar surface area (TPSA) is 302 Å². The Morgan fingerprint density at radius 3 is 0.730 bits per heavy atom. The molecule has 0 saturated heterocycles. The first-order valence-corrected chi connectivity index (χ1v) is 8.97. The van der Waals surface area contributed by atoms with Gasteiger partial charge >= 0.3 is 35.3 Å². The average molecular weight is 534 g/mol. The molecular formula is C21H15AlO15. The Kier molecular flexibility index (Phi) is 11.2. The van der Waals surface area contributed by atoms with E-state index in [2.05, 4.69) is 0 Å². The Morgan fingerprint density at radius 2 is 0.595 bits per heavy atom. The summed E-state index contributed by atoms with van der Waals surface area (Å²) in [7, 11) is 0. The van der Waals surface area contributed by atoms with Crippen LogP contribution in [0.2, 0.25) is 0 Å². The van der Waals surface area contributed by atoms with E-state index in [1.54, 1.807) is 0 Å². The molecule has 0 amide bonds. The van der Waals surface area contributed by atoms with Crippen molar-refractivity contribution in [2.75, 3.05) is 0 Å². The Balaban J connectivity index is 0.000000518. The maximum absolute atomic E-state index is 10.8. The zero-order valence-corrected chi connectivity index (χ0v) is 19.2. The smallest absolute Gasteiger partial charge is 0.869 e. The average Bonchev–Trinajstić information content (AvgIpc) is 2.77. The van der Waals surface area contributed by atoms with Gasteiger partial charge in [0.15, 0.2) is 0 Å². The minimum Gasteiger partial charge on any atom is -0.869 e. The van der Waals surface area contributed by atoms with Crippen LogP contribution in [0.1, 0.15) is 31.1 Å². The molecule has 0 aliphatic carbocycles. The van der Waals surface area contributed by atoms with Crippen molar-refractivity contribution >= 4 is 35.3 Å². The van der Waals surface area contributed by atoms with Crippen LogP contribution in [0.15, 0.2) is 36.4 Å². The van der Waals surface area contributed by atoms with Crippen LogP contribution in [0, 0.1) is 0 Å². The molecule has 0 aliphatic rings. The summed E-state index contributed by atoms with van der Waals surface area (Å²) in [6, 6.07) is 5.64. The maximum atomic E-state index is 10.8. The van der Waals surface area contributed by atoms with Crippen LogP contribution in [-0.2, 0) is 0 Å². The summed E-state index contributed by atoms with van der Waals surface area (Å²) in [6.45, 7) is 0. The number of phenolic OH excluding ortho intramolecular Hbond substituents is 3. The molecule has 3 aromatic rings. The largest absolute Gasteiger partial charge is 3.00 e. The predicted molar refractivity (Wildman–Crippen MR) is 114 cm³/mol. The van der Waals surface area contributed by atoms with Crippen molar-refractivity contribution < 1.29 is 75.7 Å². The molecular weight excluding hydrogens is 519 g/mol. The number of rotatable bonds is 3. The van der Waals surface area contributed by atoms with Gasteiger partial charge in [0.25, 0.3) is 0 Å². The van der Waals surface area contributed by atoms with E-state index >= 15 is 0 Å². The van der Waals surface area contributed by atoms with E-state index in [0.717, 1.165) is 36.4 Å². The molecule has 0 aromatic heterocycles. The molecule has 16 heteroatoms. The molecule has 0 fully saturated rings. The van der Waals surface area contributed by atoms with Gasteiger partial charge in [-0.3, -0.25) is 0 Å². The van der Waals surface area contributed by atoms with Gasteiger partial charge in [0.1, 0.15) is 34.5 Å². The molecule has 0 radical (unpaired) electrons. The second-order valence-electron chi connectivity index (χ2n) is 6.34. The van der Waals surface area contributed by atoms with Gasteiger partial charge in [-0.15, -0.1) is 0 Å². The monoisotopic (exact) mass is 534 g/mol. The number of hydrogen-bond donors (Lipinski definition) is 9. The third-order valence-corrected chi connectivity index (χ3v) is 3.99. The summed E-state index contributed by atoms with van der Waals surface area (Å²) in [5.41, 5.74) is -2.43. The van der Waals surface area contributed by atoms with Gasteiger partial charge in [-0.05, 0) is 53.6 Å². The molecule has 15 nitrogen and oxygen atoms in total. The first kappa shape index (κ1) is 31.8. The second-order valence-corrected chi connectivity index (χ2v) is 6.34. The fraction of sp³-hybridized carbons (Fsp3) is 0. The van der Waals surface area contributed by atoms with Crippen LogP contribution < -0.4 is 15.3 Å². The molecule has 0 spiro atoms. The Bertz CT molecular complexity index is 1160. The third-order valence-electron chi connectivity index (χ3n) is 3.99. The standard InChI is InChI=1S/3C7H6O5.Al/c3*8-3-1-2-4(9)6(10)5(3)7(11)12;/h3*1-2,8-10H,(H,11,12);/q;;;+3/p-3. The van der Waals surface area contributed by atoms with Crippen LogP contribution >= 0.6 is 0 Å². The Labute approximate surface area is 216 Å². The number of aromatic carboxylic acids is 3. The van der Waals surface area contributed by atoms with Gasteiger partial charge in [0, 0.05) is 0 Å². The number of benzene rings is 3. The Hall–Kier alpha value is -5.20. The fourth-order valence-corrected chi connectivity index (χ4v) is 2.30. The van der Waals surface area contributed by atoms with Crippen molar-refractivity contribution in [3.63, 3.8) is 0 Å². The normalized spacial score (nSPS) is 9.41. The number of phenols is 6. The molecule has 0 unspecified atom stereocenters. The summed E-state index contributed by atoms with van der Waals surface area (Å²) in [5, 5.41) is 111. The summed E-state index contributed by atoms with van der Waals surface area (Å²) in [6.07, 6.45) is 0. The van der Waals surface area contributed by atoms with E-state index in [4.69, 9.17) is 46.0 Å². The first-order valence-electron chi connectivity index (χ1n) is 8.97. The molecule has 0 heterocycles. The molecule has 192 valence electrons. The summed E-state index contributed by atoms with van der Waals surface area (Å²) < 4.78 is 0. The van der Waals surface area contributed by atoms with E-state index in [1.807, 2.05) is 0 Å². The van der Waals surface area contributed by atoms with Crippen molar-refractivity contribution in [2.45, 2.75) is 0 Å². The van der Waals surface area contributed by atoms with Crippen molar-refractivity contribution in [2.24, 2.45) is 0 Å². The minimum absolute atomic E-state index is 0.